The van der Waals surface area contributed by atoms with Gasteiger partial charge in [0, 0.05) is 22.3 Å². The molecule has 2 aromatic carbocycles. The van der Waals surface area contributed by atoms with E-state index in [-0.39, 0.29) is 12.4 Å². The molecule has 158 valence electrons. The van der Waals surface area contributed by atoms with E-state index in [0.29, 0.717) is 38.9 Å². The summed E-state index contributed by atoms with van der Waals surface area (Å²) in [6, 6.07) is 17.4. The second-order valence-electron chi connectivity index (χ2n) is 6.57. The van der Waals surface area contributed by atoms with Gasteiger partial charge in [0.25, 0.3) is 5.91 Å². The molecule has 2 aromatic heterocycles. The second kappa shape index (κ2) is 9.47. The summed E-state index contributed by atoms with van der Waals surface area (Å²) >= 11 is 18.1. The quantitative estimate of drug-likeness (QED) is 0.339. The van der Waals surface area contributed by atoms with Gasteiger partial charge < -0.3 is 14.5 Å². The van der Waals surface area contributed by atoms with Gasteiger partial charge in [0.15, 0.2) is 11.6 Å². The SMILES string of the molecule is O=C(Nc1ccn(Cc2ccccc2Cl)n1)c1ccc(COc2ccc(Cl)cc2Cl)o1. The van der Waals surface area contributed by atoms with Crippen LogP contribution in [0.1, 0.15) is 21.9 Å². The highest BCUT2D eigenvalue weighted by molar-refractivity contribution is 6.35. The Morgan fingerprint density at radius 3 is 2.68 bits per heavy atom. The summed E-state index contributed by atoms with van der Waals surface area (Å²) < 4.78 is 12.9. The van der Waals surface area contributed by atoms with Crippen LogP contribution in [-0.2, 0) is 13.2 Å². The van der Waals surface area contributed by atoms with E-state index >= 15 is 0 Å². The van der Waals surface area contributed by atoms with Crippen molar-refractivity contribution in [3.05, 3.63) is 99.0 Å². The largest absolute Gasteiger partial charge is 0.484 e. The summed E-state index contributed by atoms with van der Waals surface area (Å²) in [4.78, 5) is 12.5. The highest BCUT2D eigenvalue weighted by Gasteiger charge is 2.14. The Labute approximate surface area is 193 Å². The maximum atomic E-state index is 12.5. The lowest BCUT2D eigenvalue weighted by Gasteiger charge is -2.06. The monoisotopic (exact) mass is 475 g/mol. The summed E-state index contributed by atoms with van der Waals surface area (Å²) in [6.07, 6.45) is 1.76. The van der Waals surface area contributed by atoms with Crippen molar-refractivity contribution in [2.24, 2.45) is 0 Å². The van der Waals surface area contributed by atoms with Crippen molar-refractivity contribution in [2.75, 3.05) is 5.32 Å². The molecule has 0 atom stereocenters. The number of aromatic nitrogens is 2. The molecule has 0 aliphatic heterocycles. The third-order valence-corrected chi connectivity index (χ3v) is 5.22. The molecular formula is C22H16Cl3N3O3. The fourth-order valence-corrected chi connectivity index (χ4v) is 3.47. The van der Waals surface area contributed by atoms with Crippen LogP contribution in [-0.4, -0.2) is 15.7 Å². The molecule has 0 aliphatic carbocycles. The number of anilines is 1. The lowest BCUT2D eigenvalue weighted by atomic mass is 10.2. The van der Waals surface area contributed by atoms with Crippen LogP contribution >= 0.6 is 34.8 Å². The summed E-state index contributed by atoms with van der Waals surface area (Å²) in [6.45, 7) is 0.603. The van der Waals surface area contributed by atoms with Gasteiger partial charge in [0.05, 0.1) is 11.6 Å². The summed E-state index contributed by atoms with van der Waals surface area (Å²) in [7, 11) is 0. The van der Waals surface area contributed by atoms with Crippen LogP contribution in [0, 0.1) is 0 Å². The lowest BCUT2D eigenvalue weighted by Crippen LogP contribution is -2.12. The molecule has 0 saturated heterocycles. The van der Waals surface area contributed by atoms with Gasteiger partial charge in [0.2, 0.25) is 0 Å². The number of ether oxygens (including phenoxy) is 1. The molecule has 0 saturated carbocycles. The fraction of sp³-hybridized carbons (Fsp3) is 0.0909. The van der Waals surface area contributed by atoms with Crippen LogP contribution in [0.2, 0.25) is 15.1 Å². The first-order valence-electron chi connectivity index (χ1n) is 9.23. The molecule has 2 heterocycles. The molecule has 0 unspecified atom stereocenters. The molecule has 0 aliphatic rings. The molecule has 0 spiro atoms. The third-order valence-electron chi connectivity index (χ3n) is 4.32. The van der Waals surface area contributed by atoms with Gasteiger partial charge in [-0.15, -0.1) is 0 Å². The number of hydrogen-bond donors (Lipinski definition) is 1. The van der Waals surface area contributed by atoms with E-state index in [4.69, 9.17) is 44.0 Å². The van der Waals surface area contributed by atoms with Crippen LogP contribution in [0.15, 0.2) is 71.3 Å². The average molecular weight is 477 g/mol. The number of benzene rings is 2. The maximum Gasteiger partial charge on any atom is 0.292 e. The summed E-state index contributed by atoms with van der Waals surface area (Å²) in [5.41, 5.74) is 0.932. The highest BCUT2D eigenvalue weighted by Crippen LogP contribution is 2.28. The van der Waals surface area contributed by atoms with Crippen LogP contribution in [0.4, 0.5) is 5.82 Å². The lowest BCUT2D eigenvalue weighted by molar-refractivity contribution is 0.0992. The topological polar surface area (TPSA) is 69.3 Å². The molecule has 0 bridgehead atoms. The molecule has 1 N–H and O–H groups in total. The number of carbonyl (C=O) groups excluding carboxylic acids is 1. The van der Waals surface area contributed by atoms with E-state index in [0.717, 1.165) is 5.56 Å². The van der Waals surface area contributed by atoms with Crippen molar-refractivity contribution in [2.45, 2.75) is 13.2 Å². The molecular weight excluding hydrogens is 461 g/mol. The van der Waals surface area contributed by atoms with Crippen LogP contribution < -0.4 is 10.1 Å². The molecule has 31 heavy (non-hydrogen) atoms. The van der Waals surface area contributed by atoms with Gasteiger partial charge in [-0.2, -0.15) is 5.10 Å². The minimum absolute atomic E-state index is 0.112. The number of nitrogens with zero attached hydrogens (tertiary/aromatic N) is 2. The van der Waals surface area contributed by atoms with Crippen molar-refractivity contribution in [3.63, 3.8) is 0 Å². The maximum absolute atomic E-state index is 12.5. The van der Waals surface area contributed by atoms with Crippen LogP contribution in [0.3, 0.4) is 0 Å². The van der Waals surface area contributed by atoms with Gasteiger partial charge in [-0.3, -0.25) is 9.48 Å². The first-order valence-corrected chi connectivity index (χ1v) is 10.4. The van der Waals surface area contributed by atoms with E-state index in [1.165, 1.54) is 0 Å². The molecule has 0 radical (unpaired) electrons. The van der Waals surface area contributed by atoms with Gasteiger partial charge >= 0.3 is 0 Å². The van der Waals surface area contributed by atoms with Crippen molar-refractivity contribution in [1.82, 2.24) is 9.78 Å². The second-order valence-corrected chi connectivity index (χ2v) is 7.82. The van der Waals surface area contributed by atoms with Crippen LogP contribution in [0.5, 0.6) is 5.75 Å². The molecule has 9 heteroatoms. The van der Waals surface area contributed by atoms with E-state index < -0.39 is 5.91 Å². The number of halogens is 3. The number of furan rings is 1. The zero-order valence-corrected chi connectivity index (χ0v) is 18.3. The number of carbonyl (C=O) groups is 1. The highest BCUT2D eigenvalue weighted by atomic mass is 35.5. The van der Waals surface area contributed by atoms with E-state index in [1.54, 1.807) is 47.3 Å². The molecule has 6 nitrogen and oxygen atoms in total. The van der Waals surface area contributed by atoms with E-state index in [9.17, 15) is 4.79 Å². The number of hydrogen-bond acceptors (Lipinski definition) is 4. The minimum atomic E-state index is -0.418. The van der Waals surface area contributed by atoms with Crippen molar-refractivity contribution in [1.29, 1.82) is 0 Å². The zero-order chi connectivity index (χ0) is 21.8. The Morgan fingerprint density at radius 1 is 1.03 bits per heavy atom. The fourth-order valence-electron chi connectivity index (χ4n) is 2.81. The van der Waals surface area contributed by atoms with E-state index in [2.05, 4.69) is 10.4 Å². The van der Waals surface area contributed by atoms with Gasteiger partial charge in [0.1, 0.15) is 18.1 Å². The Hall–Kier alpha value is -2.93. The summed E-state index contributed by atoms with van der Waals surface area (Å²) in [5, 5.41) is 8.62. The first-order chi connectivity index (χ1) is 15.0. The Bertz CT molecular complexity index is 1220. The minimum Gasteiger partial charge on any atom is -0.484 e. The van der Waals surface area contributed by atoms with Crippen molar-refractivity contribution in [3.8, 4) is 5.75 Å². The average Bonchev–Trinajstić information content (AvgIpc) is 3.39. The predicted octanol–water partition coefficient (Wildman–Crippen LogP) is 6.32. The van der Waals surface area contributed by atoms with Crippen molar-refractivity contribution >= 4 is 46.5 Å². The van der Waals surface area contributed by atoms with E-state index in [1.807, 2.05) is 24.3 Å². The number of rotatable bonds is 7. The Morgan fingerprint density at radius 2 is 1.87 bits per heavy atom. The number of nitrogens with one attached hydrogen (secondary N) is 1. The predicted molar refractivity (Wildman–Crippen MR) is 120 cm³/mol. The molecule has 0 fully saturated rings. The third kappa shape index (κ3) is 5.41. The molecule has 1 amide bonds. The normalized spacial score (nSPS) is 10.8. The van der Waals surface area contributed by atoms with Crippen molar-refractivity contribution < 1.29 is 13.9 Å². The first kappa shape index (κ1) is 21.3. The molecule has 4 aromatic rings. The number of amides is 1. The van der Waals surface area contributed by atoms with Gasteiger partial charge in [-0.05, 0) is 42.0 Å². The van der Waals surface area contributed by atoms with Crippen LogP contribution in [0.25, 0.3) is 0 Å². The zero-order valence-electron chi connectivity index (χ0n) is 16.0. The Balaban J connectivity index is 1.35. The Kier molecular flexibility index (Phi) is 6.51. The smallest absolute Gasteiger partial charge is 0.292 e. The van der Waals surface area contributed by atoms with Gasteiger partial charge in [-0.25, -0.2) is 0 Å². The summed E-state index contributed by atoms with van der Waals surface area (Å²) in [5.74, 6) is 1.07. The molecule has 4 rings (SSSR count). The standard InChI is InChI=1S/C22H16Cl3N3O3/c23-15-5-7-19(18(25)11-15)30-13-16-6-8-20(31-16)22(29)26-21-9-10-28(27-21)12-14-3-1-2-4-17(14)24/h1-11H,12-13H2,(H,26,27,29). The van der Waals surface area contributed by atoms with Gasteiger partial charge in [-0.1, -0.05) is 53.0 Å².